The maximum Gasteiger partial charge on any atom is 0.168 e. The molecule has 0 aromatic heterocycles. The van der Waals surface area contributed by atoms with E-state index in [1.807, 2.05) is 0 Å². The Morgan fingerprint density at radius 3 is 2.55 bits per heavy atom. The van der Waals surface area contributed by atoms with Crippen molar-refractivity contribution >= 4 is 0 Å². The lowest BCUT2D eigenvalue weighted by atomic mass is 9.78. The molecule has 112 valence electrons. The topological polar surface area (TPSA) is 38.7 Å². The molecular formula is C16H23FO3. The molecule has 0 heterocycles. The van der Waals surface area contributed by atoms with Crippen LogP contribution >= 0.6 is 0 Å². The van der Waals surface area contributed by atoms with Crippen LogP contribution in [-0.4, -0.2) is 31.0 Å². The van der Waals surface area contributed by atoms with Gasteiger partial charge in [0.2, 0.25) is 0 Å². The van der Waals surface area contributed by atoms with Crippen LogP contribution < -0.4 is 4.74 Å². The third kappa shape index (κ3) is 2.96. The first kappa shape index (κ1) is 15.3. The lowest BCUT2D eigenvalue weighted by molar-refractivity contribution is -0.122. The Balaban J connectivity index is 2.16. The highest BCUT2D eigenvalue weighted by molar-refractivity contribution is 5.31. The number of benzene rings is 1. The minimum absolute atomic E-state index is 0.213. The van der Waals surface area contributed by atoms with Crippen LogP contribution in [0.4, 0.5) is 4.39 Å². The molecule has 1 fully saturated rings. The van der Waals surface area contributed by atoms with Gasteiger partial charge in [0, 0.05) is 13.5 Å². The molecule has 3 nitrogen and oxygen atoms in total. The minimum atomic E-state index is -0.700. The normalized spacial score (nSPS) is 19.6. The molecular weight excluding hydrogens is 259 g/mol. The second kappa shape index (κ2) is 6.55. The molecule has 0 radical (unpaired) electrons. The number of aliphatic hydroxyl groups excluding tert-OH is 1. The zero-order valence-corrected chi connectivity index (χ0v) is 12.2. The molecule has 0 spiro atoms. The molecule has 0 amide bonds. The Morgan fingerprint density at radius 2 is 1.95 bits per heavy atom. The number of hydrogen-bond donors (Lipinski definition) is 1. The van der Waals surface area contributed by atoms with Crippen molar-refractivity contribution in [3.05, 3.63) is 29.6 Å². The number of methoxy groups -OCH3 is 2. The number of ether oxygens (including phenoxy) is 2. The summed E-state index contributed by atoms with van der Waals surface area (Å²) in [5.74, 6) is -0.180. The smallest absolute Gasteiger partial charge is 0.168 e. The van der Waals surface area contributed by atoms with Gasteiger partial charge in [-0.2, -0.15) is 0 Å². The van der Waals surface area contributed by atoms with Crippen molar-refractivity contribution in [2.24, 2.45) is 0 Å². The molecule has 1 aliphatic rings. The fourth-order valence-electron chi connectivity index (χ4n) is 3.09. The summed E-state index contributed by atoms with van der Waals surface area (Å²) in [6.45, 7) is 0. The van der Waals surface area contributed by atoms with Crippen molar-refractivity contribution in [1.82, 2.24) is 0 Å². The van der Waals surface area contributed by atoms with Gasteiger partial charge < -0.3 is 14.6 Å². The molecule has 0 bridgehead atoms. The van der Waals surface area contributed by atoms with Gasteiger partial charge in [-0.1, -0.05) is 31.4 Å². The van der Waals surface area contributed by atoms with E-state index in [-0.39, 0.29) is 12.2 Å². The molecule has 1 aromatic rings. The average Bonchev–Trinajstić information content (AvgIpc) is 2.50. The third-order valence-electron chi connectivity index (χ3n) is 4.39. The summed E-state index contributed by atoms with van der Waals surface area (Å²) in [7, 11) is 3.08. The van der Waals surface area contributed by atoms with E-state index in [1.165, 1.54) is 13.5 Å². The Morgan fingerprint density at radius 1 is 1.25 bits per heavy atom. The molecule has 20 heavy (non-hydrogen) atoms. The monoisotopic (exact) mass is 282 g/mol. The Kier molecular flexibility index (Phi) is 5.00. The van der Waals surface area contributed by atoms with Gasteiger partial charge in [0.15, 0.2) is 11.6 Å². The van der Waals surface area contributed by atoms with Crippen LogP contribution in [0.15, 0.2) is 18.2 Å². The van der Waals surface area contributed by atoms with Gasteiger partial charge in [0.1, 0.15) is 0 Å². The molecule has 4 heteroatoms. The van der Waals surface area contributed by atoms with Gasteiger partial charge in [-0.05, 0) is 24.5 Å². The van der Waals surface area contributed by atoms with E-state index < -0.39 is 17.5 Å². The quantitative estimate of drug-likeness (QED) is 0.902. The Hall–Kier alpha value is -1.13. The molecule has 1 aliphatic carbocycles. The fourth-order valence-corrected chi connectivity index (χ4v) is 3.09. The predicted octanol–water partition coefficient (Wildman–Crippen LogP) is 3.09. The summed E-state index contributed by atoms with van der Waals surface area (Å²) < 4.78 is 24.7. The summed E-state index contributed by atoms with van der Waals surface area (Å²) in [5.41, 5.74) is -0.0628. The van der Waals surface area contributed by atoms with Gasteiger partial charge >= 0.3 is 0 Å². The second-order valence-electron chi connectivity index (χ2n) is 5.48. The molecule has 1 aromatic carbocycles. The standard InChI is InChI=1S/C16H23FO3/c1-19-13-8-6-7-12(15(13)17)11-14(18)16(20-2)9-4-3-5-10-16/h6-8,14,18H,3-5,9-11H2,1-2H3. The molecule has 0 aliphatic heterocycles. The van der Waals surface area contributed by atoms with Crippen LogP contribution in [-0.2, 0) is 11.2 Å². The molecule has 2 rings (SSSR count). The number of rotatable bonds is 5. The zero-order valence-electron chi connectivity index (χ0n) is 12.2. The van der Waals surface area contributed by atoms with Crippen LogP contribution in [0.1, 0.15) is 37.7 Å². The molecule has 1 N–H and O–H groups in total. The van der Waals surface area contributed by atoms with Crippen LogP contribution in [0.3, 0.4) is 0 Å². The molecule has 1 unspecified atom stereocenters. The highest BCUT2D eigenvalue weighted by atomic mass is 19.1. The summed E-state index contributed by atoms with van der Waals surface area (Å²) in [6.07, 6.45) is 4.47. The predicted molar refractivity (Wildman–Crippen MR) is 75.5 cm³/mol. The Bertz CT molecular complexity index is 441. The van der Waals surface area contributed by atoms with Crippen molar-refractivity contribution in [3.63, 3.8) is 0 Å². The number of hydrogen-bond acceptors (Lipinski definition) is 3. The highest BCUT2D eigenvalue weighted by Gasteiger charge is 2.39. The summed E-state index contributed by atoms with van der Waals surface area (Å²) in [4.78, 5) is 0. The lowest BCUT2D eigenvalue weighted by Gasteiger charge is -2.40. The Labute approximate surface area is 119 Å². The van der Waals surface area contributed by atoms with Gasteiger partial charge in [0.25, 0.3) is 0 Å². The van der Waals surface area contributed by atoms with E-state index in [0.717, 1.165) is 25.7 Å². The summed E-state index contributed by atoms with van der Waals surface area (Å²) in [6, 6.07) is 5.01. The van der Waals surface area contributed by atoms with E-state index in [9.17, 15) is 9.50 Å². The maximum atomic E-state index is 14.2. The van der Waals surface area contributed by atoms with Crippen molar-refractivity contribution in [2.45, 2.75) is 50.2 Å². The van der Waals surface area contributed by atoms with E-state index in [2.05, 4.69) is 0 Å². The van der Waals surface area contributed by atoms with Crippen LogP contribution in [0.25, 0.3) is 0 Å². The van der Waals surface area contributed by atoms with Crippen molar-refractivity contribution in [3.8, 4) is 5.75 Å². The van der Waals surface area contributed by atoms with Crippen LogP contribution in [0.5, 0.6) is 5.75 Å². The fraction of sp³-hybridized carbons (Fsp3) is 0.625. The van der Waals surface area contributed by atoms with E-state index in [0.29, 0.717) is 5.56 Å². The molecule has 1 saturated carbocycles. The number of halogens is 1. The first-order valence-electron chi connectivity index (χ1n) is 7.17. The number of aliphatic hydroxyl groups is 1. The van der Waals surface area contributed by atoms with E-state index >= 15 is 0 Å². The third-order valence-corrected chi connectivity index (χ3v) is 4.39. The highest BCUT2D eigenvalue weighted by Crippen LogP contribution is 2.36. The minimum Gasteiger partial charge on any atom is -0.494 e. The van der Waals surface area contributed by atoms with Gasteiger partial charge in [-0.3, -0.25) is 0 Å². The average molecular weight is 282 g/mol. The van der Waals surface area contributed by atoms with E-state index in [1.54, 1.807) is 25.3 Å². The van der Waals surface area contributed by atoms with Gasteiger partial charge in [-0.25, -0.2) is 4.39 Å². The van der Waals surface area contributed by atoms with E-state index in [4.69, 9.17) is 9.47 Å². The molecule has 0 saturated heterocycles. The lowest BCUT2D eigenvalue weighted by Crippen LogP contribution is -2.47. The first-order valence-corrected chi connectivity index (χ1v) is 7.17. The zero-order chi connectivity index (χ0) is 14.6. The van der Waals surface area contributed by atoms with Crippen molar-refractivity contribution < 1.29 is 19.0 Å². The maximum absolute atomic E-state index is 14.2. The van der Waals surface area contributed by atoms with Crippen LogP contribution in [0.2, 0.25) is 0 Å². The summed E-state index contributed by atoms with van der Waals surface area (Å²) in [5, 5.41) is 10.5. The van der Waals surface area contributed by atoms with Gasteiger partial charge in [0.05, 0.1) is 18.8 Å². The molecule has 1 atom stereocenters. The largest absolute Gasteiger partial charge is 0.494 e. The van der Waals surface area contributed by atoms with Crippen molar-refractivity contribution in [1.29, 1.82) is 0 Å². The van der Waals surface area contributed by atoms with Crippen molar-refractivity contribution in [2.75, 3.05) is 14.2 Å². The van der Waals surface area contributed by atoms with Crippen LogP contribution in [0, 0.1) is 5.82 Å². The SMILES string of the molecule is COc1cccc(CC(O)C2(OC)CCCCC2)c1F. The second-order valence-corrected chi connectivity index (χ2v) is 5.48. The first-order chi connectivity index (χ1) is 9.63. The van der Waals surface area contributed by atoms with Gasteiger partial charge in [-0.15, -0.1) is 0 Å². The summed E-state index contributed by atoms with van der Waals surface area (Å²) >= 11 is 0.